The van der Waals surface area contributed by atoms with Gasteiger partial charge in [-0.1, -0.05) is 12.1 Å². The van der Waals surface area contributed by atoms with Crippen molar-refractivity contribution in [2.45, 2.75) is 69.4 Å². The van der Waals surface area contributed by atoms with Crippen molar-refractivity contribution in [3.63, 3.8) is 0 Å². The summed E-state index contributed by atoms with van der Waals surface area (Å²) in [6, 6.07) is 6.12. The summed E-state index contributed by atoms with van der Waals surface area (Å²) < 4.78 is 17.2. The van der Waals surface area contributed by atoms with Gasteiger partial charge in [0.1, 0.15) is 29.2 Å². The van der Waals surface area contributed by atoms with Gasteiger partial charge in [-0.05, 0) is 31.4 Å². The number of halogens is 1. The largest absolute Gasteiger partial charge is 1.00 e. The summed E-state index contributed by atoms with van der Waals surface area (Å²) in [6.45, 7) is 2.89. The number of phenols is 1. The van der Waals surface area contributed by atoms with Crippen LogP contribution in [0.15, 0.2) is 35.4 Å². The summed E-state index contributed by atoms with van der Waals surface area (Å²) >= 11 is 0. The van der Waals surface area contributed by atoms with Crippen molar-refractivity contribution in [2.75, 3.05) is 7.11 Å². The molecule has 2 aromatic rings. The van der Waals surface area contributed by atoms with Crippen LogP contribution in [0.2, 0.25) is 0 Å². The Labute approximate surface area is 224 Å². The Morgan fingerprint density at radius 3 is 2.58 bits per heavy atom. The van der Waals surface area contributed by atoms with Gasteiger partial charge in [-0.15, -0.1) is 0 Å². The van der Waals surface area contributed by atoms with Crippen molar-refractivity contribution in [1.29, 1.82) is 0 Å². The zero-order valence-corrected chi connectivity index (χ0v) is 21.9. The van der Waals surface area contributed by atoms with Gasteiger partial charge in [0.25, 0.3) is 0 Å². The molecule has 0 saturated carbocycles. The highest BCUT2D eigenvalue weighted by Crippen LogP contribution is 2.47. The van der Waals surface area contributed by atoms with E-state index >= 15 is 0 Å². The van der Waals surface area contributed by atoms with Crippen LogP contribution in [-0.4, -0.2) is 76.0 Å². The Kier molecular flexibility index (Phi) is 7.43. The molecule has 1 saturated heterocycles. The van der Waals surface area contributed by atoms with E-state index in [0.717, 1.165) is 0 Å². The number of aromatic hydroxyl groups is 1. The average Bonchev–Trinajstić information content (AvgIpc) is 2.84. The van der Waals surface area contributed by atoms with E-state index in [-0.39, 0.29) is 59.7 Å². The van der Waals surface area contributed by atoms with Crippen LogP contribution in [0.25, 0.3) is 10.8 Å². The molecule has 6 atom stereocenters. The van der Waals surface area contributed by atoms with Crippen molar-refractivity contribution in [1.82, 2.24) is 0 Å². The number of hydrogen-bond acceptors (Lipinski definition) is 9. The lowest BCUT2D eigenvalue weighted by Gasteiger charge is -2.42. The Hall–Kier alpha value is -2.86. The van der Waals surface area contributed by atoms with Crippen LogP contribution in [0.5, 0.6) is 11.5 Å². The van der Waals surface area contributed by atoms with Gasteiger partial charge in [0.05, 0.1) is 36.7 Å². The van der Waals surface area contributed by atoms with E-state index in [2.05, 4.69) is 5.73 Å². The summed E-state index contributed by atoms with van der Waals surface area (Å²) in [5.41, 5.74) is 1.77. The molecule has 0 spiro atoms. The normalized spacial score (nSPS) is 30.9. The third-order valence-corrected chi connectivity index (χ3v) is 7.75. The number of quaternary nitrogens is 1. The number of carbonyl (C=O) groups is 3. The number of ether oxygens (including phenoxy) is 3. The summed E-state index contributed by atoms with van der Waals surface area (Å²) in [6.07, 6.45) is -3.90. The van der Waals surface area contributed by atoms with Crippen LogP contribution >= 0.6 is 0 Å². The molecular weight excluding hydrogens is 518 g/mol. The third kappa shape index (κ3) is 4.31. The second-order valence-electron chi connectivity index (χ2n) is 10.1. The number of Topliss-reactive ketones (excluding diaryl/α,β-unsaturated/α-hetero) is 3. The fourth-order valence-corrected chi connectivity index (χ4v) is 5.63. The van der Waals surface area contributed by atoms with Crippen molar-refractivity contribution in [2.24, 2.45) is 0 Å². The number of rotatable bonds is 4. The predicted octanol–water partition coefficient (Wildman–Crippen LogP) is -2.16. The standard InChI is InChI=1S/C27H29NO9.ClH/c1-11-23(30)16(28)8-19(36-11)37-18-10-27(34,12(2)29)9-15-21(18)26(33)22-14(24(15)31)7-13-5-4-6-17(35-3)20(13)25(22)32;/h4-7,11,16,18-19,23,30,32,34H,8-10,28H2,1-3H3;1H/t11-,16-,18+,19-,23+,27+;/m1./s1. The van der Waals surface area contributed by atoms with Crippen molar-refractivity contribution < 1.29 is 62.1 Å². The second kappa shape index (κ2) is 10.0. The first-order valence-corrected chi connectivity index (χ1v) is 12.2. The van der Waals surface area contributed by atoms with Crippen molar-refractivity contribution in [3.8, 4) is 11.5 Å². The highest BCUT2D eigenvalue weighted by atomic mass is 35.5. The van der Waals surface area contributed by atoms with Crippen molar-refractivity contribution >= 4 is 28.1 Å². The fraction of sp³-hybridized carbons (Fsp3) is 0.444. The summed E-state index contributed by atoms with van der Waals surface area (Å²) in [5, 5.41) is 33.4. The van der Waals surface area contributed by atoms with Gasteiger partial charge in [0.2, 0.25) is 0 Å². The van der Waals surface area contributed by atoms with Gasteiger partial charge in [0, 0.05) is 29.6 Å². The SMILES string of the molecule is COc1cccc2cc3c(c(O)c12)C(=O)C1=C(C[C@@](O)(C(C)=O)C[C@@H]1O[C@@H]1C[C@@H]([NH3+])[C@@H](O)[C@@H](C)O1)C3=O.[Cl-]. The van der Waals surface area contributed by atoms with E-state index in [1.807, 2.05) is 0 Å². The number of aliphatic hydroxyl groups is 2. The molecule has 0 radical (unpaired) electrons. The first kappa shape index (κ1) is 28.2. The van der Waals surface area contributed by atoms with Gasteiger partial charge >= 0.3 is 0 Å². The molecule has 2 aliphatic carbocycles. The minimum atomic E-state index is -1.93. The zero-order chi connectivity index (χ0) is 26.8. The van der Waals surface area contributed by atoms with Gasteiger partial charge in [0.15, 0.2) is 23.6 Å². The lowest BCUT2D eigenvalue weighted by molar-refractivity contribution is -0.466. The van der Waals surface area contributed by atoms with E-state index in [9.17, 15) is 29.7 Å². The number of fused-ring (bicyclic) bond motifs is 2. The predicted molar refractivity (Wildman–Crippen MR) is 129 cm³/mol. The highest BCUT2D eigenvalue weighted by molar-refractivity contribution is 6.30. The van der Waals surface area contributed by atoms with Gasteiger partial charge in [-0.2, -0.15) is 0 Å². The monoisotopic (exact) mass is 547 g/mol. The molecule has 2 aromatic carbocycles. The quantitative estimate of drug-likeness (QED) is 0.333. The Morgan fingerprint density at radius 1 is 1.24 bits per heavy atom. The molecule has 204 valence electrons. The third-order valence-electron chi connectivity index (χ3n) is 7.75. The minimum absolute atomic E-state index is 0. The van der Waals surface area contributed by atoms with Gasteiger partial charge in [-0.3, -0.25) is 14.4 Å². The van der Waals surface area contributed by atoms with E-state index in [4.69, 9.17) is 14.2 Å². The summed E-state index contributed by atoms with van der Waals surface area (Å²) in [7, 11) is 1.44. The topological polar surface area (TPSA) is 167 Å². The fourth-order valence-electron chi connectivity index (χ4n) is 5.63. The van der Waals surface area contributed by atoms with Gasteiger partial charge < -0.3 is 47.7 Å². The van der Waals surface area contributed by atoms with Crippen LogP contribution in [0.4, 0.5) is 0 Å². The van der Waals surface area contributed by atoms with Crippen LogP contribution in [0.1, 0.15) is 53.8 Å². The molecule has 0 bridgehead atoms. The number of phenolic OH excluding ortho intramolecular Hbond substituents is 1. The molecule has 0 aromatic heterocycles. The maximum absolute atomic E-state index is 13.9. The Morgan fingerprint density at radius 2 is 1.95 bits per heavy atom. The van der Waals surface area contributed by atoms with E-state index < -0.39 is 53.6 Å². The lowest BCUT2D eigenvalue weighted by atomic mass is 9.69. The van der Waals surface area contributed by atoms with E-state index in [0.29, 0.717) is 16.5 Å². The van der Waals surface area contributed by atoms with Crippen LogP contribution in [0, 0.1) is 0 Å². The smallest absolute Gasteiger partial charge is 0.196 e. The molecule has 5 rings (SSSR count). The summed E-state index contributed by atoms with van der Waals surface area (Å²) in [4.78, 5) is 40.1. The molecule has 0 unspecified atom stereocenters. The van der Waals surface area contributed by atoms with Crippen LogP contribution in [0.3, 0.4) is 0 Å². The number of ketones is 3. The number of methoxy groups -OCH3 is 1. The van der Waals surface area contributed by atoms with E-state index in [1.165, 1.54) is 20.1 Å². The van der Waals surface area contributed by atoms with Crippen LogP contribution < -0.4 is 22.9 Å². The summed E-state index contributed by atoms with van der Waals surface area (Å²) in [5.74, 6) is -1.80. The molecule has 11 heteroatoms. The molecule has 1 aliphatic heterocycles. The van der Waals surface area contributed by atoms with Gasteiger partial charge in [-0.25, -0.2) is 0 Å². The number of benzene rings is 2. The molecule has 0 amide bonds. The number of carbonyl (C=O) groups excluding carboxylic acids is 3. The maximum atomic E-state index is 13.9. The molecule has 10 nitrogen and oxygen atoms in total. The first-order valence-electron chi connectivity index (χ1n) is 12.2. The molecule has 6 N–H and O–H groups in total. The van der Waals surface area contributed by atoms with E-state index in [1.54, 1.807) is 25.1 Å². The lowest BCUT2D eigenvalue weighted by Crippen LogP contribution is -3.00. The Balaban J connectivity index is 0.00000336. The maximum Gasteiger partial charge on any atom is 0.196 e. The number of hydrogen-bond donors (Lipinski definition) is 4. The zero-order valence-electron chi connectivity index (χ0n) is 21.2. The first-order chi connectivity index (χ1) is 17.5. The second-order valence-corrected chi connectivity index (χ2v) is 10.1. The molecule has 1 heterocycles. The molecule has 3 aliphatic rings. The number of aliphatic hydroxyl groups excluding tert-OH is 1. The molecular formula is C27H30ClNO9. The molecule has 1 fully saturated rings. The van der Waals surface area contributed by atoms with Crippen molar-refractivity contribution in [3.05, 3.63) is 46.5 Å². The minimum Gasteiger partial charge on any atom is -1.00 e. The average molecular weight is 548 g/mol. The molecule has 38 heavy (non-hydrogen) atoms. The van der Waals surface area contributed by atoms with Crippen LogP contribution in [-0.2, 0) is 14.3 Å². The highest BCUT2D eigenvalue weighted by Gasteiger charge is 2.51. The Bertz CT molecular complexity index is 1360.